The van der Waals surface area contributed by atoms with Crippen molar-refractivity contribution in [2.45, 2.75) is 69.1 Å². The molecule has 29 heavy (non-hydrogen) atoms. The molecule has 1 aliphatic heterocycles. The average molecular weight is 426 g/mol. The minimum atomic E-state index is -3.62. The van der Waals surface area contributed by atoms with Crippen LogP contribution in [0.25, 0.3) is 0 Å². The summed E-state index contributed by atoms with van der Waals surface area (Å²) in [5.74, 6) is -0.465. The summed E-state index contributed by atoms with van der Waals surface area (Å²) in [4.78, 5) is 11.4. The molecular formula is C19H31BN2O6S. The first-order valence-corrected chi connectivity index (χ1v) is 11.2. The third kappa shape index (κ3) is 5.79. The summed E-state index contributed by atoms with van der Waals surface area (Å²) < 4.78 is 44.0. The van der Waals surface area contributed by atoms with E-state index in [4.69, 9.17) is 15.0 Å². The smallest absolute Gasteiger partial charge is 0.468 e. The van der Waals surface area contributed by atoms with Crippen molar-refractivity contribution in [1.82, 2.24) is 4.72 Å². The van der Waals surface area contributed by atoms with E-state index < -0.39 is 40.4 Å². The van der Waals surface area contributed by atoms with Crippen LogP contribution in [0.15, 0.2) is 29.2 Å². The zero-order valence-corrected chi connectivity index (χ0v) is 18.5. The molecule has 1 unspecified atom stereocenters. The van der Waals surface area contributed by atoms with E-state index >= 15 is 0 Å². The van der Waals surface area contributed by atoms with Crippen LogP contribution in [0.5, 0.6) is 0 Å². The zero-order chi connectivity index (χ0) is 21.9. The van der Waals surface area contributed by atoms with E-state index in [9.17, 15) is 13.2 Å². The van der Waals surface area contributed by atoms with Crippen LogP contribution in [0.3, 0.4) is 0 Å². The minimum Gasteiger partial charge on any atom is -0.468 e. The molecule has 1 fully saturated rings. The van der Waals surface area contributed by atoms with Crippen LogP contribution >= 0.6 is 0 Å². The van der Waals surface area contributed by atoms with Gasteiger partial charge in [-0.25, -0.2) is 13.1 Å². The normalized spacial score (nSPS) is 19.2. The molecule has 0 amide bonds. The molecule has 1 aromatic rings. The maximum absolute atomic E-state index is 12.5. The molecule has 0 saturated carbocycles. The summed E-state index contributed by atoms with van der Waals surface area (Å²) >= 11 is 0. The van der Waals surface area contributed by atoms with E-state index in [1.807, 2.05) is 27.7 Å². The number of benzene rings is 1. The maximum atomic E-state index is 12.5. The summed E-state index contributed by atoms with van der Waals surface area (Å²) in [6, 6.07) is 5.79. The monoisotopic (exact) mass is 426 g/mol. The standard InChI is InChI=1S/C19H31BN2O6S/c1-18(2)19(3,4)28-20(27-18)14-9-11-15(12-10-14)29(24,25)22-13-7-6-8-16(21)17(23)26-5/h9-12,16,22H,6-8,13,21H2,1-5H3. The molecule has 0 aliphatic carbocycles. The topological polar surface area (TPSA) is 117 Å². The number of carbonyl (C=O) groups excluding carboxylic acids is 1. The Kier molecular flexibility index (Phi) is 7.50. The number of rotatable bonds is 9. The molecule has 2 rings (SSSR count). The number of nitrogens with two attached hydrogens (primary N) is 1. The lowest BCUT2D eigenvalue weighted by molar-refractivity contribution is -0.142. The second-order valence-electron chi connectivity index (χ2n) is 8.18. The van der Waals surface area contributed by atoms with Crippen molar-refractivity contribution in [3.05, 3.63) is 24.3 Å². The van der Waals surface area contributed by atoms with Crippen LogP contribution in [-0.4, -0.2) is 52.4 Å². The molecule has 0 bridgehead atoms. The Labute approximate surface area is 173 Å². The maximum Gasteiger partial charge on any atom is 0.494 e. The zero-order valence-electron chi connectivity index (χ0n) is 17.7. The van der Waals surface area contributed by atoms with Crippen molar-refractivity contribution in [3.63, 3.8) is 0 Å². The summed E-state index contributed by atoms with van der Waals surface area (Å²) in [6.45, 7) is 8.12. The highest BCUT2D eigenvalue weighted by Gasteiger charge is 2.51. The third-order valence-electron chi connectivity index (χ3n) is 5.45. The van der Waals surface area contributed by atoms with Gasteiger partial charge in [-0.05, 0) is 58.1 Å². The Morgan fingerprint density at radius 3 is 2.21 bits per heavy atom. The van der Waals surface area contributed by atoms with Crippen LogP contribution in [-0.2, 0) is 28.9 Å². The van der Waals surface area contributed by atoms with Crippen LogP contribution < -0.4 is 15.9 Å². The van der Waals surface area contributed by atoms with Crippen molar-refractivity contribution in [2.75, 3.05) is 13.7 Å². The van der Waals surface area contributed by atoms with Gasteiger partial charge in [-0.15, -0.1) is 0 Å². The predicted octanol–water partition coefficient (Wildman–Crippen LogP) is 0.935. The predicted molar refractivity (Wildman–Crippen MR) is 111 cm³/mol. The van der Waals surface area contributed by atoms with Gasteiger partial charge in [-0.2, -0.15) is 0 Å². The fraction of sp³-hybridized carbons (Fsp3) is 0.632. The van der Waals surface area contributed by atoms with Crippen molar-refractivity contribution in [2.24, 2.45) is 5.73 Å². The molecule has 0 aromatic heterocycles. The summed E-state index contributed by atoms with van der Waals surface area (Å²) in [6.07, 6.45) is 1.62. The second-order valence-corrected chi connectivity index (χ2v) is 9.95. The van der Waals surface area contributed by atoms with Gasteiger partial charge >= 0.3 is 13.1 Å². The van der Waals surface area contributed by atoms with Crippen molar-refractivity contribution in [1.29, 1.82) is 0 Å². The highest BCUT2D eigenvalue weighted by molar-refractivity contribution is 7.89. The molecule has 8 nitrogen and oxygen atoms in total. The molecule has 1 heterocycles. The molecule has 0 spiro atoms. The van der Waals surface area contributed by atoms with E-state index in [0.29, 0.717) is 19.3 Å². The molecule has 1 atom stereocenters. The average Bonchev–Trinajstić information content (AvgIpc) is 2.88. The minimum absolute atomic E-state index is 0.170. The van der Waals surface area contributed by atoms with Gasteiger partial charge in [0, 0.05) is 6.54 Å². The molecule has 1 aromatic carbocycles. The van der Waals surface area contributed by atoms with E-state index in [0.717, 1.165) is 5.46 Å². The number of hydrogen-bond acceptors (Lipinski definition) is 7. The first-order chi connectivity index (χ1) is 13.4. The first kappa shape index (κ1) is 23.8. The van der Waals surface area contributed by atoms with Gasteiger partial charge in [0.25, 0.3) is 0 Å². The highest BCUT2D eigenvalue weighted by Crippen LogP contribution is 2.36. The fourth-order valence-corrected chi connectivity index (χ4v) is 3.91. The lowest BCUT2D eigenvalue weighted by Crippen LogP contribution is -2.41. The first-order valence-electron chi connectivity index (χ1n) is 9.68. The van der Waals surface area contributed by atoms with E-state index in [2.05, 4.69) is 9.46 Å². The molecular weight excluding hydrogens is 395 g/mol. The van der Waals surface area contributed by atoms with Gasteiger partial charge in [-0.3, -0.25) is 4.79 Å². The van der Waals surface area contributed by atoms with Crippen LogP contribution in [0, 0.1) is 0 Å². The Bertz CT molecular complexity index is 794. The molecule has 0 radical (unpaired) electrons. The van der Waals surface area contributed by atoms with Crippen molar-refractivity contribution in [3.8, 4) is 0 Å². The van der Waals surface area contributed by atoms with Gasteiger partial charge < -0.3 is 19.8 Å². The number of hydrogen-bond donors (Lipinski definition) is 2. The fourth-order valence-electron chi connectivity index (χ4n) is 2.83. The lowest BCUT2D eigenvalue weighted by Gasteiger charge is -2.32. The lowest BCUT2D eigenvalue weighted by atomic mass is 9.79. The number of carbonyl (C=O) groups is 1. The SMILES string of the molecule is COC(=O)C(N)CCCCNS(=O)(=O)c1ccc(B2OC(C)(C)C(C)(C)O2)cc1. The van der Waals surface area contributed by atoms with Gasteiger partial charge in [-0.1, -0.05) is 18.6 Å². The number of sulfonamides is 1. The third-order valence-corrected chi connectivity index (χ3v) is 6.93. The van der Waals surface area contributed by atoms with Gasteiger partial charge in [0.05, 0.1) is 23.2 Å². The van der Waals surface area contributed by atoms with E-state index in [1.54, 1.807) is 12.1 Å². The number of unbranched alkanes of at least 4 members (excludes halogenated alkanes) is 1. The van der Waals surface area contributed by atoms with Gasteiger partial charge in [0.1, 0.15) is 6.04 Å². The highest BCUT2D eigenvalue weighted by atomic mass is 32.2. The van der Waals surface area contributed by atoms with Crippen molar-refractivity contribution >= 4 is 28.6 Å². The van der Waals surface area contributed by atoms with E-state index in [1.165, 1.54) is 19.2 Å². The summed E-state index contributed by atoms with van der Waals surface area (Å²) in [5.41, 5.74) is 5.50. The second kappa shape index (κ2) is 9.14. The molecule has 10 heteroatoms. The molecule has 162 valence electrons. The summed E-state index contributed by atoms with van der Waals surface area (Å²) in [7, 11) is -2.87. The number of methoxy groups -OCH3 is 1. The Morgan fingerprint density at radius 1 is 1.14 bits per heavy atom. The Balaban J connectivity index is 1.88. The van der Waals surface area contributed by atoms with Crippen molar-refractivity contribution < 1.29 is 27.3 Å². The largest absolute Gasteiger partial charge is 0.494 e. The van der Waals surface area contributed by atoms with E-state index in [-0.39, 0.29) is 11.4 Å². The van der Waals surface area contributed by atoms with Crippen LogP contribution in [0.4, 0.5) is 0 Å². The molecule has 3 N–H and O–H groups in total. The molecule has 1 saturated heterocycles. The van der Waals surface area contributed by atoms with Crippen LogP contribution in [0.2, 0.25) is 0 Å². The van der Waals surface area contributed by atoms with Gasteiger partial charge in [0.15, 0.2) is 0 Å². The Morgan fingerprint density at radius 2 is 1.69 bits per heavy atom. The quantitative estimate of drug-likeness (QED) is 0.343. The number of nitrogens with one attached hydrogen (secondary N) is 1. The Hall–Kier alpha value is -1.46. The van der Waals surface area contributed by atoms with Gasteiger partial charge in [0.2, 0.25) is 10.0 Å². The summed E-state index contributed by atoms with van der Waals surface area (Å²) in [5, 5.41) is 0. The molecule has 1 aliphatic rings. The van der Waals surface area contributed by atoms with Crippen LogP contribution in [0.1, 0.15) is 47.0 Å². The number of esters is 1. The number of ether oxygens (including phenoxy) is 1.